The molecule has 4 atom stereocenters. The maximum absolute atomic E-state index is 12.6. The molecule has 2 N–H and O–H groups in total. The Labute approximate surface area is 235 Å². The SMILES string of the molecule is O=C1OC(C(Nc2ccccc2)SCSC(Nc2ccccc2)C2OC(=O)c3ccccc32)c2ccccc21. The molecule has 196 valence electrons. The lowest BCUT2D eigenvalue weighted by atomic mass is 10.1. The maximum Gasteiger partial charge on any atom is 0.339 e. The summed E-state index contributed by atoms with van der Waals surface area (Å²) in [5, 5.41) is 7.30. The first-order valence-electron chi connectivity index (χ1n) is 12.6. The summed E-state index contributed by atoms with van der Waals surface area (Å²) in [5.74, 6) is -0.608. The number of anilines is 2. The fourth-order valence-electron chi connectivity index (χ4n) is 4.79. The number of nitrogens with one attached hydrogen (secondary N) is 2. The molecule has 39 heavy (non-hydrogen) atoms. The molecule has 0 fully saturated rings. The molecule has 6 rings (SSSR count). The number of rotatable bonds is 10. The van der Waals surface area contributed by atoms with E-state index in [2.05, 4.69) is 10.6 Å². The van der Waals surface area contributed by atoms with Crippen molar-refractivity contribution in [2.75, 3.05) is 15.7 Å². The van der Waals surface area contributed by atoms with Crippen LogP contribution in [0.4, 0.5) is 11.4 Å². The largest absolute Gasteiger partial charge is 0.451 e. The van der Waals surface area contributed by atoms with Gasteiger partial charge in [-0.15, -0.1) is 23.5 Å². The normalized spacial score (nSPS) is 18.9. The predicted molar refractivity (Wildman–Crippen MR) is 157 cm³/mol. The van der Waals surface area contributed by atoms with Crippen molar-refractivity contribution in [2.45, 2.75) is 23.0 Å². The van der Waals surface area contributed by atoms with Crippen molar-refractivity contribution in [2.24, 2.45) is 0 Å². The summed E-state index contributed by atoms with van der Waals surface area (Å²) in [6.45, 7) is 0. The number of hydrogen-bond acceptors (Lipinski definition) is 8. The Morgan fingerprint density at radius 1 is 0.564 bits per heavy atom. The molecule has 8 heteroatoms. The quantitative estimate of drug-likeness (QED) is 0.159. The van der Waals surface area contributed by atoms with Crippen LogP contribution >= 0.6 is 23.5 Å². The fraction of sp³-hybridized carbons (Fsp3) is 0.161. The van der Waals surface area contributed by atoms with Crippen molar-refractivity contribution < 1.29 is 19.1 Å². The van der Waals surface area contributed by atoms with Crippen molar-refractivity contribution >= 4 is 46.8 Å². The summed E-state index contributed by atoms with van der Waals surface area (Å²) in [6, 6.07) is 34.9. The molecule has 2 aliphatic rings. The number of para-hydroxylation sites is 2. The zero-order valence-electron chi connectivity index (χ0n) is 20.9. The van der Waals surface area contributed by atoms with Crippen molar-refractivity contribution in [1.82, 2.24) is 0 Å². The van der Waals surface area contributed by atoms with Gasteiger partial charge in [0.05, 0.1) is 11.1 Å². The van der Waals surface area contributed by atoms with E-state index < -0.39 is 12.2 Å². The number of esters is 2. The standard InChI is InChI=1S/C31H26N2O4S2/c34-30-24-17-9-7-15-22(24)26(36-30)28(32-20-11-3-1-4-12-20)38-19-39-29(33-21-13-5-2-6-14-21)27-23-16-8-10-18-25(23)31(35)37-27/h1-18,26-29,32-33H,19H2. The molecular formula is C31H26N2O4S2. The van der Waals surface area contributed by atoms with E-state index in [1.807, 2.05) is 109 Å². The molecule has 0 saturated carbocycles. The van der Waals surface area contributed by atoms with Crippen LogP contribution in [0.25, 0.3) is 0 Å². The highest BCUT2D eigenvalue weighted by Gasteiger charge is 2.39. The first kappa shape index (κ1) is 25.4. The molecule has 4 aromatic carbocycles. The second-order valence-electron chi connectivity index (χ2n) is 9.14. The van der Waals surface area contributed by atoms with Crippen molar-refractivity contribution in [1.29, 1.82) is 0 Å². The number of benzene rings is 4. The van der Waals surface area contributed by atoms with E-state index in [-0.39, 0.29) is 22.7 Å². The average molecular weight is 555 g/mol. The van der Waals surface area contributed by atoms with Crippen LogP contribution in [0, 0.1) is 0 Å². The molecule has 0 aromatic heterocycles. The van der Waals surface area contributed by atoms with Gasteiger partial charge in [-0.3, -0.25) is 0 Å². The third-order valence-corrected chi connectivity index (χ3v) is 9.19. The number of ether oxygens (including phenoxy) is 2. The summed E-state index contributed by atoms with van der Waals surface area (Å²) in [5.41, 5.74) is 4.86. The van der Waals surface area contributed by atoms with Crippen LogP contribution in [0.1, 0.15) is 44.1 Å². The highest BCUT2D eigenvalue weighted by molar-refractivity contribution is 8.16. The molecule has 4 unspecified atom stereocenters. The van der Waals surface area contributed by atoms with Crippen LogP contribution in [0.2, 0.25) is 0 Å². The Bertz CT molecular complexity index is 1360. The molecule has 4 aromatic rings. The van der Waals surface area contributed by atoms with Crippen LogP contribution in [0.5, 0.6) is 0 Å². The fourth-order valence-corrected chi connectivity index (χ4v) is 7.47. The van der Waals surface area contributed by atoms with Gasteiger partial charge in [0.2, 0.25) is 0 Å². The van der Waals surface area contributed by atoms with Gasteiger partial charge in [-0.05, 0) is 36.4 Å². The third-order valence-electron chi connectivity index (χ3n) is 6.65. The van der Waals surface area contributed by atoms with Gasteiger partial charge in [0.1, 0.15) is 10.7 Å². The molecule has 0 bridgehead atoms. The summed E-state index contributed by atoms with van der Waals surface area (Å²) in [7, 11) is 0. The van der Waals surface area contributed by atoms with E-state index in [0.717, 1.165) is 22.5 Å². The second-order valence-corrected chi connectivity index (χ2v) is 11.8. The minimum absolute atomic E-state index is 0.233. The van der Waals surface area contributed by atoms with Gasteiger partial charge in [-0.2, -0.15) is 0 Å². The predicted octanol–water partition coefficient (Wildman–Crippen LogP) is 7.11. The van der Waals surface area contributed by atoms with Gasteiger partial charge >= 0.3 is 11.9 Å². The topological polar surface area (TPSA) is 76.7 Å². The summed E-state index contributed by atoms with van der Waals surface area (Å²) >= 11 is 3.31. The number of carbonyl (C=O) groups is 2. The Morgan fingerprint density at radius 2 is 0.949 bits per heavy atom. The van der Waals surface area contributed by atoms with Crippen LogP contribution < -0.4 is 10.6 Å². The highest BCUT2D eigenvalue weighted by Crippen LogP contribution is 2.42. The minimum Gasteiger partial charge on any atom is -0.451 e. The number of cyclic esters (lactones) is 2. The van der Waals surface area contributed by atoms with E-state index in [9.17, 15) is 9.59 Å². The molecule has 2 heterocycles. The van der Waals surface area contributed by atoms with E-state index in [4.69, 9.17) is 9.47 Å². The molecule has 0 saturated heterocycles. The molecule has 0 amide bonds. The number of carbonyl (C=O) groups excluding carboxylic acids is 2. The van der Waals surface area contributed by atoms with Gasteiger partial charge in [-0.1, -0.05) is 72.8 Å². The monoisotopic (exact) mass is 554 g/mol. The number of thioether (sulfide) groups is 2. The Morgan fingerprint density at radius 3 is 1.38 bits per heavy atom. The molecule has 0 radical (unpaired) electrons. The lowest BCUT2D eigenvalue weighted by Gasteiger charge is -2.28. The third kappa shape index (κ3) is 5.48. The van der Waals surface area contributed by atoms with Crippen LogP contribution in [0.15, 0.2) is 109 Å². The number of fused-ring (bicyclic) bond motifs is 2. The summed E-state index contributed by atoms with van der Waals surface area (Å²) in [6.07, 6.45) is -0.879. The zero-order valence-corrected chi connectivity index (χ0v) is 22.5. The summed E-state index contributed by atoms with van der Waals surface area (Å²) in [4.78, 5) is 25.2. The minimum atomic E-state index is -0.440. The van der Waals surface area contributed by atoms with Crippen molar-refractivity contribution in [3.8, 4) is 0 Å². The van der Waals surface area contributed by atoms with Crippen molar-refractivity contribution in [3.63, 3.8) is 0 Å². The van der Waals surface area contributed by atoms with E-state index in [0.29, 0.717) is 16.2 Å². The van der Waals surface area contributed by atoms with E-state index >= 15 is 0 Å². The van der Waals surface area contributed by atoms with Gasteiger partial charge in [-0.25, -0.2) is 9.59 Å². The van der Waals surface area contributed by atoms with Crippen LogP contribution in [-0.4, -0.2) is 27.8 Å². The van der Waals surface area contributed by atoms with Gasteiger partial charge in [0.15, 0.2) is 12.2 Å². The summed E-state index contributed by atoms with van der Waals surface area (Å²) < 4.78 is 11.7. The molecule has 6 nitrogen and oxygen atoms in total. The first-order chi connectivity index (χ1) is 19.2. The van der Waals surface area contributed by atoms with Gasteiger partial charge in [0.25, 0.3) is 0 Å². The highest BCUT2D eigenvalue weighted by atomic mass is 32.2. The Hall–Kier alpha value is -3.88. The Kier molecular flexibility index (Phi) is 7.47. The molecule has 0 aliphatic carbocycles. The lowest BCUT2D eigenvalue weighted by molar-refractivity contribution is 0.0385. The maximum atomic E-state index is 12.6. The Balaban J connectivity index is 1.23. The second kappa shape index (κ2) is 11.5. The van der Waals surface area contributed by atoms with E-state index in [1.165, 1.54) is 0 Å². The van der Waals surface area contributed by atoms with Crippen molar-refractivity contribution in [3.05, 3.63) is 131 Å². The smallest absolute Gasteiger partial charge is 0.339 e. The van der Waals surface area contributed by atoms with Crippen LogP contribution in [0.3, 0.4) is 0 Å². The molecule has 2 aliphatic heterocycles. The molecule has 0 spiro atoms. The zero-order chi connectivity index (χ0) is 26.6. The number of hydrogen-bond donors (Lipinski definition) is 2. The van der Waals surface area contributed by atoms with E-state index in [1.54, 1.807) is 23.5 Å². The lowest BCUT2D eigenvalue weighted by Crippen LogP contribution is -2.27. The van der Waals surface area contributed by atoms with Gasteiger partial charge in [0, 0.05) is 27.6 Å². The average Bonchev–Trinajstić information content (AvgIpc) is 3.50. The molecular weight excluding hydrogens is 528 g/mol. The first-order valence-corrected chi connectivity index (χ1v) is 14.7. The van der Waals surface area contributed by atoms with Crippen LogP contribution in [-0.2, 0) is 9.47 Å². The van der Waals surface area contributed by atoms with Gasteiger partial charge < -0.3 is 20.1 Å².